The van der Waals surface area contributed by atoms with Gasteiger partial charge in [-0.25, -0.2) is 4.98 Å². The molecule has 3 heterocycles. The molecule has 1 aliphatic heterocycles. The Bertz CT molecular complexity index is 664. The summed E-state index contributed by atoms with van der Waals surface area (Å²) in [5.74, 6) is -0.879. The van der Waals surface area contributed by atoms with E-state index in [1.54, 1.807) is 11.8 Å². The zero-order valence-corrected chi connectivity index (χ0v) is 12.6. The third-order valence-electron chi connectivity index (χ3n) is 4.04. The molecule has 0 spiro atoms. The van der Waals surface area contributed by atoms with Crippen LogP contribution in [0.25, 0.3) is 4.96 Å². The molecule has 0 bridgehead atoms. The first-order chi connectivity index (χ1) is 9.98. The Kier molecular flexibility index (Phi) is 3.44. The van der Waals surface area contributed by atoms with Crippen LogP contribution >= 0.6 is 11.3 Å². The molecule has 2 aromatic heterocycles. The lowest BCUT2D eigenvalue weighted by molar-refractivity contribution is -0.153. The molecule has 1 saturated heterocycles. The summed E-state index contributed by atoms with van der Waals surface area (Å²) in [7, 11) is 0. The summed E-state index contributed by atoms with van der Waals surface area (Å²) in [4.78, 5) is 30.6. The van der Waals surface area contributed by atoms with Crippen molar-refractivity contribution in [3.05, 3.63) is 23.5 Å². The fourth-order valence-electron chi connectivity index (χ4n) is 2.75. The third kappa shape index (κ3) is 2.65. The molecule has 3 rings (SSSR count). The van der Waals surface area contributed by atoms with Gasteiger partial charge in [0, 0.05) is 30.9 Å². The van der Waals surface area contributed by atoms with E-state index in [2.05, 4.69) is 4.98 Å². The van der Waals surface area contributed by atoms with Gasteiger partial charge in [-0.05, 0) is 19.8 Å². The number of amides is 1. The Balaban J connectivity index is 1.70. The molecule has 1 N–H and O–H groups in total. The normalized spacial score (nSPS) is 22.6. The molecule has 1 amide bonds. The fourth-order valence-corrected chi connectivity index (χ4v) is 3.47. The van der Waals surface area contributed by atoms with Crippen molar-refractivity contribution in [1.29, 1.82) is 0 Å². The van der Waals surface area contributed by atoms with Crippen LogP contribution in [0.2, 0.25) is 0 Å². The molecule has 112 valence electrons. The zero-order chi connectivity index (χ0) is 15.0. The molecule has 21 heavy (non-hydrogen) atoms. The van der Waals surface area contributed by atoms with Gasteiger partial charge in [0.25, 0.3) is 0 Å². The standard InChI is InChI=1S/C14H17N3O3S/c1-14(12(19)20)3-2-4-17(9-14)11(18)7-10-8-16-5-6-21-13(16)15-10/h5-6,8H,2-4,7,9H2,1H3,(H,19,20). The second kappa shape index (κ2) is 5.14. The van der Waals surface area contributed by atoms with Crippen molar-refractivity contribution in [2.45, 2.75) is 26.2 Å². The molecule has 0 radical (unpaired) electrons. The van der Waals surface area contributed by atoms with Crippen molar-refractivity contribution < 1.29 is 14.7 Å². The Morgan fingerprint density at radius 2 is 2.33 bits per heavy atom. The van der Waals surface area contributed by atoms with Crippen LogP contribution in [0.1, 0.15) is 25.5 Å². The Hall–Kier alpha value is -1.89. The van der Waals surface area contributed by atoms with Gasteiger partial charge >= 0.3 is 5.97 Å². The smallest absolute Gasteiger partial charge is 0.311 e. The van der Waals surface area contributed by atoms with Gasteiger partial charge in [-0.3, -0.25) is 14.0 Å². The van der Waals surface area contributed by atoms with Crippen LogP contribution < -0.4 is 0 Å². The number of carbonyl (C=O) groups is 2. The molecule has 1 aliphatic rings. The highest BCUT2D eigenvalue weighted by Gasteiger charge is 2.39. The number of fused-ring (bicyclic) bond motifs is 1. The number of thiazole rings is 1. The molecule has 1 unspecified atom stereocenters. The lowest BCUT2D eigenvalue weighted by atomic mass is 9.82. The first-order valence-corrected chi connectivity index (χ1v) is 7.78. The number of likely N-dealkylation sites (tertiary alicyclic amines) is 1. The summed E-state index contributed by atoms with van der Waals surface area (Å²) in [5, 5.41) is 11.2. The van der Waals surface area contributed by atoms with Gasteiger partial charge in [-0.15, -0.1) is 11.3 Å². The van der Waals surface area contributed by atoms with Gasteiger partial charge in [0.05, 0.1) is 17.5 Å². The Labute approximate surface area is 126 Å². The molecule has 0 aromatic carbocycles. The number of rotatable bonds is 3. The van der Waals surface area contributed by atoms with E-state index in [0.717, 1.165) is 17.1 Å². The topological polar surface area (TPSA) is 74.9 Å². The van der Waals surface area contributed by atoms with Crippen molar-refractivity contribution in [1.82, 2.24) is 14.3 Å². The maximum Gasteiger partial charge on any atom is 0.311 e. The number of carboxylic acids is 1. The SMILES string of the molecule is CC1(C(=O)O)CCCN(C(=O)Cc2cn3ccsc3n2)C1. The van der Waals surface area contributed by atoms with Crippen LogP contribution in [-0.2, 0) is 16.0 Å². The highest BCUT2D eigenvalue weighted by Crippen LogP contribution is 2.30. The summed E-state index contributed by atoms with van der Waals surface area (Å²) in [5.41, 5.74) is -0.0999. The zero-order valence-electron chi connectivity index (χ0n) is 11.8. The van der Waals surface area contributed by atoms with Gasteiger partial charge in [0.15, 0.2) is 4.96 Å². The van der Waals surface area contributed by atoms with Crippen molar-refractivity contribution in [2.24, 2.45) is 5.41 Å². The van der Waals surface area contributed by atoms with Crippen LogP contribution in [-0.4, -0.2) is 44.4 Å². The minimum absolute atomic E-state index is 0.0482. The summed E-state index contributed by atoms with van der Waals surface area (Å²) in [6.07, 6.45) is 5.33. The first kappa shape index (κ1) is 14.1. The quantitative estimate of drug-likeness (QED) is 0.935. The predicted octanol–water partition coefficient (Wildman–Crippen LogP) is 1.65. The van der Waals surface area contributed by atoms with Crippen LogP contribution in [0.5, 0.6) is 0 Å². The lowest BCUT2D eigenvalue weighted by Crippen LogP contribution is -2.48. The number of hydrogen-bond acceptors (Lipinski definition) is 4. The largest absolute Gasteiger partial charge is 0.481 e. The maximum absolute atomic E-state index is 12.4. The Morgan fingerprint density at radius 3 is 3.05 bits per heavy atom. The van der Waals surface area contributed by atoms with Crippen LogP contribution in [0.4, 0.5) is 0 Å². The van der Waals surface area contributed by atoms with E-state index in [1.165, 1.54) is 11.3 Å². The van der Waals surface area contributed by atoms with Gasteiger partial charge in [0.1, 0.15) is 0 Å². The van der Waals surface area contributed by atoms with Crippen LogP contribution in [0, 0.1) is 5.41 Å². The molecule has 1 fully saturated rings. The minimum Gasteiger partial charge on any atom is -0.481 e. The molecular weight excluding hydrogens is 290 g/mol. The highest BCUT2D eigenvalue weighted by atomic mass is 32.1. The molecule has 1 atom stereocenters. The molecule has 7 heteroatoms. The number of carboxylic acid groups (broad SMARTS) is 1. The number of aromatic nitrogens is 2. The van der Waals surface area contributed by atoms with E-state index in [4.69, 9.17) is 0 Å². The second-order valence-corrected chi connectivity index (χ2v) is 6.66. The van der Waals surface area contributed by atoms with E-state index in [-0.39, 0.29) is 18.9 Å². The molecular formula is C14H17N3O3S. The van der Waals surface area contributed by atoms with Gasteiger partial charge < -0.3 is 10.0 Å². The summed E-state index contributed by atoms with van der Waals surface area (Å²) in [6.45, 7) is 2.62. The number of carbonyl (C=O) groups excluding carboxylic acids is 1. The Morgan fingerprint density at radius 1 is 1.52 bits per heavy atom. The van der Waals surface area contributed by atoms with E-state index in [1.807, 2.05) is 22.2 Å². The number of hydrogen-bond donors (Lipinski definition) is 1. The van der Waals surface area contributed by atoms with Gasteiger partial charge in [-0.1, -0.05) is 0 Å². The fraction of sp³-hybridized carbons (Fsp3) is 0.500. The summed E-state index contributed by atoms with van der Waals surface area (Å²) < 4.78 is 1.89. The van der Waals surface area contributed by atoms with E-state index in [0.29, 0.717) is 13.0 Å². The van der Waals surface area contributed by atoms with Crippen molar-refractivity contribution in [3.8, 4) is 0 Å². The predicted molar refractivity (Wildman–Crippen MR) is 78.3 cm³/mol. The molecule has 0 aliphatic carbocycles. The minimum atomic E-state index is -0.831. The monoisotopic (exact) mass is 307 g/mol. The maximum atomic E-state index is 12.4. The van der Waals surface area contributed by atoms with Gasteiger partial charge in [-0.2, -0.15) is 0 Å². The van der Waals surface area contributed by atoms with E-state index >= 15 is 0 Å². The second-order valence-electron chi connectivity index (χ2n) is 5.79. The van der Waals surface area contributed by atoms with E-state index in [9.17, 15) is 14.7 Å². The van der Waals surface area contributed by atoms with Crippen LogP contribution in [0.15, 0.2) is 17.8 Å². The first-order valence-electron chi connectivity index (χ1n) is 6.90. The number of aliphatic carboxylic acids is 1. The lowest BCUT2D eigenvalue weighted by Gasteiger charge is -2.37. The number of piperidine rings is 1. The summed E-state index contributed by atoms with van der Waals surface area (Å²) >= 11 is 1.52. The molecule has 2 aromatic rings. The molecule has 6 nitrogen and oxygen atoms in total. The number of nitrogens with zero attached hydrogens (tertiary/aromatic N) is 3. The third-order valence-corrected chi connectivity index (χ3v) is 4.81. The average Bonchev–Trinajstić information content (AvgIpc) is 2.99. The van der Waals surface area contributed by atoms with Crippen molar-refractivity contribution >= 4 is 28.2 Å². The van der Waals surface area contributed by atoms with Gasteiger partial charge in [0.2, 0.25) is 5.91 Å². The number of imidazole rings is 1. The van der Waals surface area contributed by atoms with Crippen molar-refractivity contribution in [2.75, 3.05) is 13.1 Å². The summed E-state index contributed by atoms with van der Waals surface area (Å²) in [6, 6.07) is 0. The highest BCUT2D eigenvalue weighted by molar-refractivity contribution is 7.15. The van der Waals surface area contributed by atoms with E-state index < -0.39 is 11.4 Å². The van der Waals surface area contributed by atoms with Crippen LogP contribution in [0.3, 0.4) is 0 Å². The van der Waals surface area contributed by atoms with Crippen molar-refractivity contribution in [3.63, 3.8) is 0 Å². The molecule has 0 saturated carbocycles. The average molecular weight is 307 g/mol.